The second-order valence-corrected chi connectivity index (χ2v) is 9.35. The maximum absolute atomic E-state index is 13.3. The number of methoxy groups -OCH3 is 1. The number of nitrogens with zero attached hydrogens (tertiary/aromatic N) is 1. The molecule has 0 aromatic heterocycles. The highest BCUT2D eigenvalue weighted by Gasteiger charge is 2.51. The third kappa shape index (κ3) is 5.97. The summed E-state index contributed by atoms with van der Waals surface area (Å²) in [6.45, 7) is 3.41. The Kier molecular flexibility index (Phi) is 10.1. The summed E-state index contributed by atoms with van der Waals surface area (Å²) in [4.78, 5) is 40.2. The minimum absolute atomic E-state index is 0.0163. The summed E-state index contributed by atoms with van der Waals surface area (Å²) in [5, 5.41) is 33.2. The van der Waals surface area contributed by atoms with Gasteiger partial charge in [-0.2, -0.15) is 0 Å². The van der Waals surface area contributed by atoms with Gasteiger partial charge in [-0.25, -0.2) is 0 Å². The fraction of sp³-hybridized carbons (Fsp3) is 0.593. The molecule has 4 unspecified atom stereocenters. The molecule has 1 aromatic rings. The van der Waals surface area contributed by atoms with Gasteiger partial charge in [-0.15, -0.1) is 0 Å². The maximum Gasteiger partial charge on any atom is 0.290 e. The first-order valence-electron chi connectivity index (χ1n) is 12.9. The van der Waals surface area contributed by atoms with Crippen LogP contribution in [-0.4, -0.2) is 82.9 Å². The number of amides is 2. The molecule has 3 rings (SSSR count). The van der Waals surface area contributed by atoms with Gasteiger partial charge >= 0.3 is 0 Å². The van der Waals surface area contributed by atoms with E-state index in [1.54, 1.807) is 19.1 Å². The highest BCUT2D eigenvalue weighted by Crippen LogP contribution is 2.51. The molecule has 0 fully saturated rings. The molecule has 0 bridgehead atoms. The first-order chi connectivity index (χ1) is 17.8. The molecular weight excluding hydrogens is 480 g/mol. The number of aliphatic hydroxyl groups is 3. The lowest BCUT2D eigenvalue weighted by atomic mass is 9.77. The van der Waals surface area contributed by atoms with Gasteiger partial charge in [0.2, 0.25) is 11.7 Å². The van der Waals surface area contributed by atoms with E-state index >= 15 is 0 Å². The Morgan fingerprint density at radius 1 is 1.14 bits per heavy atom. The molecule has 1 aliphatic carbocycles. The Balaban J connectivity index is 2.09. The Morgan fingerprint density at radius 3 is 2.51 bits per heavy atom. The molecule has 0 saturated heterocycles. The van der Waals surface area contributed by atoms with Crippen LogP contribution in [0.15, 0.2) is 23.8 Å². The van der Waals surface area contributed by atoms with Crippen LogP contribution in [-0.2, 0) is 21.0 Å². The van der Waals surface area contributed by atoms with Crippen LogP contribution in [0, 0.1) is 0 Å². The van der Waals surface area contributed by atoms with Crippen molar-refractivity contribution in [3.8, 4) is 11.5 Å². The Hall–Kier alpha value is -2.95. The van der Waals surface area contributed by atoms with Crippen LogP contribution in [0.1, 0.15) is 63.0 Å². The lowest BCUT2D eigenvalue weighted by Crippen LogP contribution is -2.57. The summed E-state index contributed by atoms with van der Waals surface area (Å²) in [5.74, 6) is -1.77. The third-order valence-corrected chi connectivity index (χ3v) is 6.93. The van der Waals surface area contributed by atoms with Crippen LogP contribution in [0.4, 0.5) is 0 Å². The molecule has 1 heterocycles. The standard InChI is InChI=1S/C27H38N2O8/c1-4-6-7-8-10-29(27(35)20(32)5-2)19-14-18(26(34)28-9-11-30)22-17-12-16(15-31)13-21(36-3)24(17)37-25(22)23(19)33/h12-14,19,22-23,25,30-31,33H,4-11,15H2,1-3H3,(H,28,34). The summed E-state index contributed by atoms with van der Waals surface area (Å²) < 4.78 is 11.6. The number of fused-ring (bicyclic) bond motifs is 3. The average Bonchev–Trinajstić information content (AvgIpc) is 3.31. The number of ether oxygens (including phenoxy) is 2. The predicted octanol–water partition coefficient (Wildman–Crippen LogP) is 1.20. The van der Waals surface area contributed by atoms with Gasteiger partial charge in [0, 0.05) is 30.6 Å². The van der Waals surface area contributed by atoms with E-state index in [0.29, 0.717) is 29.0 Å². The van der Waals surface area contributed by atoms with E-state index in [0.717, 1.165) is 19.3 Å². The molecule has 204 valence electrons. The fourth-order valence-electron chi connectivity index (χ4n) is 5.03. The van der Waals surface area contributed by atoms with Crippen molar-refractivity contribution in [2.24, 2.45) is 0 Å². The summed E-state index contributed by atoms with van der Waals surface area (Å²) >= 11 is 0. The molecule has 10 heteroatoms. The highest BCUT2D eigenvalue weighted by atomic mass is 16.5. The average molecular weight is 519 g/mol. The van der Waals surface area contributed by atoms with Gasteiger partial charge in [0.1, 0.15) is 12.2 Å². The maximum atomic E-state index is 13.3. The van der Waals surface area contributed by atoms with Crippen LogP contribution in [0.2, 0.25) is 0 Å². The number of benzene rings is 1. The molecule has 0 radical (unpaired) electrons. The second-order valence-electron chi connectivity index (χ2n) is 9.35. The number of carbonyl (C=O) groups is 3. The normalized spacial score (nSPS) is 21.8. The van der Waals surface area contributed by atoms with Crippen LogP contribution >= 0.6 is 0 Å². The largest absolute Gasteiger partial charge is 0.493 e. The molecular formula is C27H38N2O8. The molecule has 0 saturated carbocycles. The highest BCUT2D eigenvalue weighted by molar-refractivity contribution is 6.36. The molecule has 2 aliphatic rings. The number of ketones is 1. The topological polar surface area (TPSA) is 146 Å². The second kappa shape index (κ2) is 13.0. The Bertz CT molecular complexity index is 1020. The summed E-state index contributed by atoms with van der Waals surface area (Å²) in [6, 6.07) is 2.36. The van der Waals surface area contributed by atoms with Crippen molar-refractivity contribution in [2.45, 2.75) is 76.7 Å². The summed E-state index contributed by atoms with van der Waals surface area (Å²) in [5.41, 5.74) is 1.37. The van der Waals surface area contributed by atoms with Crippen LogP contribution in [0.3, 0.4) is 0 Å². The first kappa shape index (κ1) is 28.6. The number of hydrogen-bond acceptors (Lipinski definition) is 8. The van der Waals surface area contributed by atoms with Crippen molar-refractivity contribution in [3.05, 3.63) is 34.9 Å². The van der Waals surface area contributed by atoms with Crippen molar-refractivity contribution >= 4 is 17.6 Å². The van der Waals surface area contributed by atoms with Gasteiger partial charge in [-0.1, -0.05) is 33.1 Å². The van der Waals surface area contributed by atoms with Crippen LogP contribution in [0.25, 0.3) is 0 Å². The van der Waals surface area contributed by atoms with Gasteiger partial charge in [0.15, 0.2) is 11.5 Å². The van der Waals surface area contributed by atoms with E-state index < -0.39 is 41.8 Å². The lowest BCUT2D eigenvalue weighted by Gasteiger charge is -2.40. The Morgan fingerprint density at radius 2 is 1.89 bits per heavy atom. The van der Waals surface area contributed by atoms with Crippen molar-refractivity contribution in [1.82, 2.24) is 10.2 Å². The number of carbonyl (C=O) groups excluding carboxylic acids is 3. The van der Waals surface area contributed by atoms with Crippen molar-refractivity contribution in [2.75, 3.05) is 26.8 Å². The number of Topliss-reactive ketones (excluding diaryl/α,β-unsaturated/α-hetero) is 1. The molecule has 1 aromatic carbocycles. The molecule has 10 nitrogen and oxygen atoms in total. The summed E-state index contributed by atoms with van der Waals surface area (Å²) in [6.07, 6.45) is 2.84. The Labute approximate surface area is 217 Å². The quantitative estimate of drug-likeness (QED) is 0.225. The molecule has 1 aliphatic heterocycles. The molecule has 4 atom stereocenters. The number of nitrogens with one attached hydrogen (secondary N) is 1. The van der Waals surface area contributed by atoms with Gasteiger partial charge in [0.05, 0.1) is 32.3 Å². The minimum atomic E-state index is -1.24. The third-order valence-electron chi connectivity index (χ3n) is 6.93. The number of unbranched alkanes of at least 4 members (excludes halogenated alkanes) is 3. The van der Waals surface area contributed by atoms with E-state index in [9.17, 15) is 29.7 Å². The molecule has 37 heavy (non-hydrogen) atoms. The molecule has 0 spiro atoms. The molecule has 4 N–H and O–H groups in total. The monoisotopic (exact) mass is 518 g/mol. The van der Waals surface area contributed by atoms with E-state index in [1.165, 1.54) is 18.1 Å². The summed E-state index contributed by atoms with van der Waals surface area (Å²) in [7, 11) is 1.46. The van der Waals surface area contributed by atoms with Gasteiger partial charge in [-0.3, -0.25) is 14.4 Å². The van der Waals surface area contributed by atoms with Gasteiger partial charge < -0.3 is 35.0 Å². The van der Waals surface area contributed by atoms with E-state index in [2.05, 4.69) is 12.2 Å². The number of aliphatic hydroxyl groups excluding tert-OH is 3. The fourth-order valence-corrected chi connectivity index (χ4v) is 5.03. The molecule has 2 amide bonds. The predicted molar refractivity (Wildman–Crippen MR) is 135 cm³/mol. The van der Waals surface area contributed by atoms with Crippen LogP contribution in [0.5, 0.6) is 11.5 Å². The smallest absolute Gasteiger partial charge is 0.290 e. The van der Waals surface area contributed by atoms with Crippen molar-refractivity contribution < 1.29 is 39.2 Å². The van der Waals surface area contributed by atoms with Gasteiger partial charge in [-0.05, 0) is 30.2 Å². The van der Waals surface area contributed by atoms with E-state index in [-0.39, 0.29) is 38.3 Å². The minimum Gasteiger partial charge on any atom is -0.493 e. The lowest BCUT2D eigenvalue weighted by molar-refractivity contribution is -0.148. The zero-order valence-electron chi connectivity index (χ0n) is 21.7. The van der Waals surface area contributed by atoms with Crippen LogP contribution < -0.4 is 14.8 Å². The zero-order valence-corrected chi connectivity index (χ0v) is 21.7. The first-order valence-corrected chi connectivity index (χ1v) is 12.9. The number of hydrogen-bond donors (Lipinski definition) is 4. The SMILES string of the molecule is CCCCCCN(C(=O)C(=O)CC)C1C=C(C(=O)NCCO)C2c3cc(CO)cc(OC)c3OC2C1O. The van der Waals surface area contributed by atoms with E-state index in [4.69, 9.17) is 9.47 Å². The van der Waals surface area contributed by atoms with Gasteiger partial charge in [0.25, 0.3) is 5.91 Å². The van der Waals surface area contributed by atoms with E-state index in [1.807, 2.05) is 0 Å². The van der Waals surface area contributed by atoms with Crippen molar-refractivity contribution in [1.29, 1.82) is 0 Å². The number of rotatable bonds is 13. The zero-order chi connectivity index (χ0) is 27.1. The van der Waals surface area contributed by atoms with Crippen molar-refractivity contribution in [3.63, 3.8) is 0 Å².